The number of nitrogens with one attached hydrogen (secondary N) is 2. The highest BCUT2D eigenvalue weighted by atomic mass is 16.4. The van der Waals surface area contributed by atoms with Crippen molar-refractivity contribution in [1.29, 1.82) is 0 Å². The molecule has 0 aliphatic heterocycles. The van der Waals surface area contributed by atoms with Crippen LogP contribution in [0.1, 0.15) is 55.5 Å². The molecule has 0 spiro atoms. The summed E-state index contributed by atoms with van der Waals surface area (Å²) in [6.07, 6.45) is 3.61. The summed E-state index contributed by atoms with van der Waals surface area (Å²) < 4.78 is 0. The molecule has 0 aromatic heterocycles. The van der Waals surface area contributed by atoms with Crippen molar-refractivity contribution in [2.24, 2.45) is 5.41 Å². The molecule has 0 unspecified atom stereocenters. The minimum atomic E-state index is -0.973. The van der Waals surface area contributed by atoms with Gasteiger partial charge in [-0.15, -0.1) is 0 Å². The fourth-order valence-electron chi connectivity index (χ4n) is 3.11. The lowest BCUT2D eigenvalue weighted by atomic mass is 9.73. The predicted molar refractivity (Wildman–Crippen MR) is 90.8 cm³/mol. The Kier molecular flexibility index (Phi) is 5.49. The van der Waals surface area contributed by atoms with Gasteiger partial charge in [0.25, 0.3) is 0 Å². The van der Waals surface area contributed by atoms with Crippen molar-refractivity contribution in [2.75, 3.05) is 6.54 Å². The number of carboxylic acids is 1. The van der Waals surface area contributed by atoms with E-state index in [9.17, 15) is 14.7 Å². The van der Waals surface area contributed by atoms with E-state index in [4.69, 9.17) is 5.11 Å². The van der Waals surface area contributed by atoms with Crippen molar-refractivity contribution >= 4 is 12.0 Å². The van der Waals surface area contributed by atoms with Gasteiger partial charge in [0, 0.05) is 18.5 Å². The monoisotopic (exact) mass is 334 g/mol. The van der Waals surface area contributed by atoms with Crippen LogP contribution in [0.15, 0.2) is 24.3 Å². The fourth-order valence-corrected chi connectivity index (χ4v) is 3.11. The van der Waals surface area contributed by atoms with E-state index < -0.39 is 11.6 Å². The molecular weight excluding hydrogens is 308 g/mol. The standard InChI is InChI=1S/C18H26N2O4/c1-17(2,18(24)9-3-4-10-18)12-20-16(23)19-11-13-5-7-14(8-6-13)15(21)22/h5-8,24H,3-4,9-12H2,1-2H3,(H,21,22)(H2,19,20,23). The topological polar surface area (TPSA) is 98.7 Å². The molecule has 6 nitrogen and oxygen atoms in total. The molecule has 6 heteroatoms. The van der Waals surface area contributed by atoms with Crippen LogP contribution in [-0.2, 0) is 6.54 Å². The molecule has 1 aromatic rings. The molecule has 24 heavy (non-hydrogen) atoms. The molecule has 1 aliphatic rings. The van der Waals surface area contributed by atoms with Crippen molar-refractivity contribution in [3.63, 3.8) is 0 Å². The van der Waals surface area contributed by atoms with Gasteiger partial charge in [0.15, 0.2) is 0 Å². The van der Waals surface area contributed by atoms with Gasteiger partial charge in [-0.25, -0.2) is 9.59 Å². The number of aliphatic hydroxyl groups is 1. The van der Waals surface area contributed by atoms with Gasteiger partial charge in [-0.2, -0.15) is 0 Å². The Morgan fingerprint density at radius 2 is 1.71 bits per heavy atom. The Morgan fingerprint density at radius 3 is 2.25 bits per heavy atom. The maximum atomic E-state index is 12.0. The smallest absolute Gasteiger partial charge is 0.335 e. The van der Waals surface area contributed by atoms with E-state index in [1.54, 1.807) is 12.1 Å². The van der Waals surface area contributed by atoms with Gasteiger partial charge in [0.2, 0.25) is 0 Å². The quantitative estimate of drug-likeness (QED) is 0.642. The van der Waals surface area contributed by atoms with Gasteiger partial charge < -0.3 is 20.8 Å². The number of rotatable bonds is 6. The third-order valence-electron chi connectivity index (χ3n) is 5.04. The highest BCUT2D eigenvalue weighted by Gasteiger charge is 2.45. The second-order valence-electron chi connectivity index (χ2n) is 7.16. The average molecular weight is 334 g/mol. The summed E-state index contributed by atoms with van der Waals surface area (Å²) in [5.74, 6) is -0.973. The molecular formula is C18H26N2O4. The number of carboxylic acid groups (broad SMARTS) is 1. The summed E-state index contributed by atoms with van der Waals surface area (Å²) >= 11 is 0. The third-order valence-corrected chi connectivity index (χ3v) is 5.04. The molecule has 0 radical (unpaired) electrons. The minimum Gasteiger partial charge on any atom is -0.478 e. The van der Waals surface area contributed by atoms with Gasteiger partial charge in [-0.05, 0) is 30.5 Å². The largest absolute Gasteiger partial charge is 0.478 e. The van der Waals surface area contributed by atoms with E-state index >= 15 is 0 Å². The Balaban J connectivity index is 1.80. The summed E-state index contributed by atoms with van der Waals surface area (Å²) in [7, 11) is 0. The van der Waals surface area contributed by atoms with Gasteiger partial charge in [0.05, 0.1) is 11.2 Å². The molecule has 0 saturated heterocycles. The van der Waals surface area contributed by atoms with Gasteiger partial charge in [0.1, 0.15) is 0 Å². The first-order valence-corrected chi connectivity index (χ1v) is 8.30. The van der Waals surface area contributed by atoms with Crippen LogP contribution in [-0.4, -0.2) is 34.4 Å². The molecule has 1 saturated carbocycles. The Morgan fingerprint density at radius 1 is 1.12 bits per heavy atom. The molecule has 1 fully saturated rings. The highest BCUT2D eigenvalue weighted by Crippen LogP contribution is 2.43. The number of amides is 2. The second-order valence-corrected chi connectivity index (χ2v) is 7.16. The second kappa shape index (κ2) is 7.21. The zero-order chi connectivity index (χ0) is 17.8. The van der Waals surface area contributed by atoms with Gasteiger partial charge in [-0.1, -0.05) is 38.8 Å². The molecule has 132 valence electrons. The number of benzene rings is 1. The van der Waals surface area contributed by atoms with E-state index in [2.05, 4.69) is 10.6 Å². The molecule has 4 N–H and O–H groups in total. The van der Waals surface area contributed by atoms with Crippen LogP contribution < -0.4 is 10.6 Å². The zero-order valence-corrected chi connectivity index (χ0v) is 14.3. The number of hydrogen-bond acceptors (Lipinski definition) is 3. The number of hydrogen-bond donors (Lipinski definition) is 4. The number of carbonyl (C=O) groups is 2. The van der Waals surface area contributed by atoms with Crippen molar-refractivity contribution in [1.82, 2.24) is 10.6 Å². The maximum absolute atomic E-state index is 12.0. The van der Waals surface area contributed by atoms with E-state index in [1.165, 1.54) is 12.1 Å². The minimum absolute atomic E-state index is 0.217. The van der Waals surface area contributed by atoms with Crippen molar-refractivity contribution in [3.05, 3.63) is 35.4 Å². The third kappa shape index (κ3) is 4.26. The summed E-state index contributed by atoms with van der Waals surface area (Å²) in [6, 6.07) is 6.07. The van der Waals surface area contributed by atoms with E-state index in [-0.39, 0.29) is 17.0 Å². The molecule has 0 heterocycles. The Labute approximate surface area is 142 Å². The van der Waals surface area contributed by atoms with Crippen molar-refractivity contribution in [2.45, 2.75) is 51.7 Å². The number of carbonyl (C=O) groups excluding carboxylic acids is 1. The maximum Gasteiger partial charge on any atom is 0.335 e. The molecule has 2 amide bonds. The average Bonchev–Trinajstić information content (AvgIpc) is 3.00. The van der Waals surface area contributed by atoms with E-state index in [0.717, 1.165) is 31.2 Å². The lowest BCUT2D eigenvalue weighted by Gasteiger charge is -2.40. The predicted octanol–water partition coefficient (Wildman–Crippen LogP) is 2.52. The van der Waals surface area contributed by atoms with E-state index in [1.807, 2.05) is 13.8 Å². The van der Waals surface area contributed by atoms with Crippen LogP contribution in [0.25, 0.3) is 0 Å². The van der Waals surface area contributed by atoms with Crippen molar-refractivity contribution < 1.29 is 19.8 Å². The highest BCUT2D eigenvalue weighted by molar-refractivity contribution is 5.87. The number of aromatic carboxylic acids is 1. The van der Waals surface area contributed by atoms with Crippen LogP contribution >= 0.6 is 0 Å². The summed E-state index contributed by atoms with van der Waals surface area (Å²) in [5.41, 5.74) is -0.0599. The normalized spacial score (nSPS) is 16.6. The lowest BCUT2D eigenvalue weighted by Crippen LogP contribution is -2.50. The van der Waals surface area contributed by atoms with Crippen LogP contribution in [0, 0.1) is 5.41 Å². The SMILES string of the molecule is CC(C)(CNC(=O)NCc1ccc(C(=O)O)cc1)C1(O)CCCC1. The van der Waals surface area contributed by atoms with Gasteiger partial charge >= 0.3 is 12.0 Å². The number of urea groups is 1. The first-order valence-electron chi connectivity index (χ1n) is 8.30. The molecule has 0 bridgehead atoms. The Hall–Kier alpha value is -2.08. The molecule has 0 atom stereocenters. The van der Waals surface area contributed by atoms with Crippen LogP contribution in [0.2, 0.25) is 0 Å². The summed E-state index contributed by atoms with van der Waals surface area (Å²) in [5, 5.41) is 25.1. The van der Waals surface area contributed by atoms with Crippen molar-refractivity contribution in [3.8, 4) is 0 Å². The zero-order valence-electron chi connectivity index (χ0n) is 14.3. The van der Waals surface area contributed by atoms with Gasteiger partial charge in [-0.3, -0.25) is 0 Å². The van der Waals surface area contributed by atoms with E-state index in [0.29, 0.717) is 13.1 Å². The fraction of sp³-hybridized carbons (Fsp3) is 0.556. The summed E-state index contributed by atoms with van der Waals surface area (Å²) in [4.78, 5) is 22.8. The Bertz CT molecular complexity index is 590. The van der Waals surface area contributed by atoms with Crippen LogP contribution in [0.3, 0.4) is 0 Å². The first-order chi connectivity index (χ1) is 11.2. The molecule has 2 rings (SSSR count). The molecule has 1 aromatic carbocycles. The van der Waals surface area contributed by atoms with Crippen LogP contribution in [0.5, 0.6) is 0 Å². The molecule has 1 aliphatic carbocycles. The lowest BCUT2D eigenvalue weighted by molar-refractivity contribution is -0.0587. The first kappa shape index (κ1) is 18.3. The summed E-state index contributed by atoms with van der Waals surface area (Å²) in [6.45, 7) is 4.66. The van der Waals surface area contributed by atoms with Crippen LogP contribution in [0.4, 0.5) is 4.79 Å².